The Kier molecular flexibility index (Phi) is 6.78. The standard InChI is InChI=1S/C21H26N2O3/c1-4-6-13-23(5-2)19-12-11-17(21(25)26)14-18(19)22-20(24)16-9-7-15(3)8-10-16/h7-12,14H,4-6,13H2,1-3H3,(H,22,24)(H,25,26). The predicted molar refractivity (Wildman–Crippen MR) is 105 cm³/mol. The van der Waals surface area contributed by atoms with Crippen molar-refractivity contribution in [2.75, 3.05) is 23.3 Å². The molecule has 0 aliphatic rings. The highest BCUT2D eigenvalue weighted by atomic mass is 16.4. The van der Waals surface area contributed by atoms with Crippen LogP contribution in [0.15, 0.2) is 42.5 Å². The lowest BCUT2D eigenvalue weighted by Gasteiger charge is -2.26. The van der Waals surface area contributed by atoms with Crippen LogP contribution in [-0.4, -0.2) is 30.1 Å². The largest absolute Gasteiger partial charge is 0.478 e. The number of carboxylic acids is 1. The average Bonchev–Trinajstić information content (AvgIpc) is 2.63. The summed E-state index contributed by atoms with van der Waals surface area (Å²) in [5, 5.41) is 12.2. The van der Waals surface area contributed by atoms with E-state index in [2.05, 4.69) is 17.1 Å². The lowest BCUT2D eigenvalue weighted by Crippen LogP contribution is -2.26. The first-order chi connectivity index (χ1) is 12.5. The molecule has 0 aromatic heterocycles. The van der Waals surface area contributed by atoms with Gasteiger partial charge >= 0.3 is 5.97 Å². The van der Waals surface area contributed by atoms with Gasteiger partial charge < -0.3 is 15.3 Å². The normalized spacial score (nSPS) is 10.4. The zero-order valence-corrected chi connectivity index (χ0v) is 15.6. The second kappa shape index (κ2) is 9.04. The fourth-order valence-corrected chi connectivity index (χ4v) is 2.74. The van der Waals surface area contributed by atoms with Gasteiger partial charge in [-0.2, -0.15) is 0 Å². The fourth-order valence-electron chi connectivity index (χ4n) is 2.74. The molecule has 0 heterocycles. The van der Waals surface area contributed by atoms with Crippen molar-refractivity contribution in [2.24, 2.45) is 0 Å². The molecule has 5 heteroatoms. The lowest BCUT2D eigenvalue weighted by molar-refractivity contribution is 0.0696. The molecule has 0 radical (unpaired) electrons. The van der Waals surface area contributed by atoms with Gasteiger partial charge in [0.25, 0.3) is 5.91 Å². The Bertz CT molecular complexity index is 769. The molecule has 26 heavy (non-hydrogen) atoms. The number of amides is 1. The second-order valence-electron chi connectivity index (χ2n) is 6.29. The minimum absolute atomic E-state index is 0.152. The highest BCUT2D eigenvalue weighted by Crippen LogP contribution is 2.28. The minimum atomic E-state index is -1.01. The number of aryl methyl sites for hydroxylation is 1. The summed E-state index contributed by atoms with van der Waals surface area (Å²) >= 11 is 0. The number of nitrogens with one attached hydrogen (secondary N) is 1. The molecule has 2 N–H and O–H groups in total. The Morgan fingerprint density at radius 1 is 1.04 bits per heavy atom. The first-order valence-corrected chi connectivity index (χ1v) is 8.96. The fraction of sp³-hybridized carbons (Fsp3) is 0.333. The number of carbonyl (C=O) groups excluding carboxylic acids is 1. The number of rotatable bonds is 8. The van der Waals surface area contributed by atoms with Crippen molar-refractivity contribution in [2.45, 2.75) is 33.6 Å². The van der Waals surface area contributed by atoms with Gasteiger partial charge in [-0.05, 0) is 50.6 Å². The Hall–Kier alpha value is -2.82. The van der Waals surface area contributed by atoms with Crippen molar-refractivity contribution in [3.05, 3.63) is 59.2 Å². The second-order valence-corrected chi connectivity index (χ2v) is 6.29. The van der Waals surface area contributed by atoms with Crippen LogP contribution >= 0.6 is 0 Å². The summed E-state index contributed by atoms with van der Waals surface area (Å²) in [7, 11) is 0. The molecular weight excluding hydrogens is 328 g/mol. The number of carboxylic acid groups (broad SMARTS) is 1. The highest BCUT2D eigenvalue weighted by Gasteiger charge is 2.16. The van der Waals surface area contributed by atoms with Gasteiger partial charge in [0.1, 0.15) is 0 Å². The van der Waals surface area contributed by atoms with Crippen LogP contribution in [0, 0.1) is 6.92 Å². The molecule has 0 bridgehead atoms. The van der Waals surface area contributed by atoms with Gasteiger partial charge in [0.15, 0.2) is 0 Å². The minimum Gasteiger partial charge on any atom is -0.478 e. The Labute approximate surface area is 154 Å². The number of nitrogens with zero attached hydrogens (tertiary/aromatic N) is 1. The molecule has 0 atom stereocenters. The molecule has 0 aliphatic heterocycles. The van der Waals surface area contributed by atoms with Crippen molar-refractivity contribution in [1.82, 2.24) is 0 Å². The van der Waals surface area contributed by atoms with Crippen molar-refractivity contribution in [3.63, 3.8) is 0 Å². The molecular formula is C21H26N2O3. The van der Waals surface area contributed by atoms with E-state index in [0.29, 0.717) is 11.3 Å². The molecule has 2 rings (SSSR count). The van der Waals surface area contributed by atoms with Crippen molar-refractivity contribution >= 4 is 23.3 Å². The number of anilines is 2. The van der Waals surface area contributed by atoms with Crippen LogP contribution < -0.4 is 10.2 Å². The molecule has 0 fully saturated rings. The summed E-state index contributed by atoms with van der Waals surface area (Å²) in [5.74, 6) is -1.26. The van der Waals surface area contributed by atoms with E-state index in [0.717, 1.165) is 37.2 Å². The third-order valence-corrected chi connectivity index (χ3v) is 4.31. The van der Waals surface area contributed by atoms with Gasteiger partial charge in [0, 0.05) is 18.7 Å². The van der Waals surface area contributed by atoms with Gasteiger partial charge in [-0.15, -0.1) is 0 Å². The van der Waals surface area contributed by atoms with E-state index in [-0.39, 0.29) is 11.5 Å². The highest BCUT2D eigenvalue weighted by molar-refractivity contribution is 6.06. The lowest BCUT2D eigenvalue weighted by atomic mass is 10.1. The molecule has 0 spiro atoms. The molecule has 2 aromatic carbocycles. The Morgan fingerprint density at radius 3 is 2.27 bits per heavy atom. The Balaban J connectivity index is 2.36. The van der Waals surface area contributed by atoms with Crippen LogP contribution in [0.3, 0.4) is 0 Å². The van der Waals surface area contributed by atoms with Crippen LogP contribution in [0.1, 0.15) is 53.0 Å². The zero-order chi connectivity index (χ0) is 19.1. The number of benzene rings is 2. The molecule has 1 amide bonds. The molecule has 0 unspecified atom stereocenters. The molecule has 0 aliphatic carbocycles. The number of hydrogen-bond donors (Lipinski definition) is 2. The first kappa shape index (κ1) is 19.5. The van der Waals surface area contributed by atoms with Crippen LogP contribution in [0.2, 0.25) is 0 Å². The molecule has 0 saturated heterocycles. The van der Waals surface area contributed by atoms with Crippen LogP contribution in [0.5, 0.6) is 0 Å². The number of aromatic carboxylic acids is 1. The van der Waals surface area contributed by atoms with Crippen molar-refractivity contribution < 1.29 is 14.7 Å². The van der Waals surface area contributed by atoms with Gasteiger partial charge in [0.2, 0.25) is 0 Å². The molecule has 5 nitrogen and oxygen atoms in total. The number of unbranched alkanes of at least 4 members (excludes halogenated alkanes) is 1. The van der Waals surface area contributed by atoms with Gasteiger partial charge in [-0.1, -0.05) is 31.0 Å². The van der Waals surface area contributed by atoms with Crippen LogP contribution in [0.25, 0.3) is 0 Å². The average molecular weight is 354 g/mol. The quantitative estimate of drug-likeness (QED) is 0.728. The summed E-state index contributed by atoms with van der Waals surface area (Å²) in [6.07, 6.45) is 2.09. The molecule has 138 valence electrons. The Morgan fingerprint density at radius 2 is 1.69 bits per heavy atom. The number of hydrogen-bond acceptors (Lipinski definition) is 3. The SMILES string of the molecule is CCCCN(CC)c1ccc(C(=O)O)cc1NC(=O)c1ccc(C)cc1. The van der Waals surface area contributed by atoms with E-state index < -0.39 is 5.97 Å². The summed E-state index contributed by atoms with van der Waals surface area (Å²) in [6, 6.07) is 12.2. The van der Waals surface area contributed by atoms with Gasteiger partial charge in [-0.3, -0.25) is 4.79 Å². The summed E-state index contributed by atoms with van der Waals surface area (Å²) < 4.78 is 0. The summed E-state index contributed by atoms with van der Waals surface area (Å²) in [4.78, 5) is 26.1. The topological polar surface area (TPSA) is 69.6 Å². The smallest absolute Gasteiger partial charge is 0.335 e. The summed E-state index contributed by atoms with van der Waals surface area (Å²) in [5.41, 5.74) is 3.13. The molecule has 0 saturated carbocycles. The maximum absolute atomic E-state index is 12.6. The van der Waals surface area contributed by atoms with Crippen molar-refractivity contribution in [1.29, 1.82) is 0 Å². The van der Waals surface area contributed by atoms with E-state index in [4.69, 9.17) is 0 Å². The van der Waals surface area contributed by atoms with Gasteiger partial charge in [0.05, 0.1) is 16.9 Å². The van der Waals surface area contributed by atoms with E-state index in [1.807, 2.05) is 26.0 Å². The third-order valence-electron chi connectivity index (χ3n) is 4.31. The van der Waals surface area contributed by atoms with E-state index in [1.54, 1.807) is 24.3 Å². The number of carbonyl (C=O) groups is 2. The van der Waals surface area contributed by atoms with E-state index >= 15 is 0 Å². The van der Waals surface area contributed by atoms with Crippen molar-refractivity contribution in [3.8, 4) is 0 Å². The zero-order valence-electron chi connectivity index (χ0n) is 15.6. The third kappa shape index (κ3) is 4.85. The van der Waals surface area contributed by atoms with E-state index in [1.165, 1.54) is 6.07 Å². The van der Waals surface area contributed by atoms with Crippen LogP contribution in [-0.2, 0) is 0 Å². The predicted octanol–water partition coefficient (Wildman–Crippen LogP) is 4.57. The van der Waals surface area contributed by atoms with Crippen LogP contribution in [0.4, 0.5) is 11.4 Å². The monoisotopic (exact) mass is 354 g/mol. The van der Waals surface area contributed by atoms with E-state index in [9.17, 15) is 14.7 Å². The summed E-state index contributed by atoms with van der Waals surface area (Å²) in [6.45, 7) is 7.77. The molecule has 2 aromatic rings. The maximum atomic E-state index is 12.6. The maximum Gasteiger partial charge on any atom is 0.335 e. The first-order valence-electron chi connectivity index (χ1n) is 8.96. The van der Waals surface area contributed by atoms with Gasteiger partial charge in [-0.25, -0.2) is 4.79 Å².